The molecule has 0 spiro atoms. The number of imidazole rings is 1. The lowest BCUT2D eigenvalue weighted by atomic mass is 10.0. The number of aromatic amines is 1. The fourth-order valence-corrected chi connectivity index (χ4v) is 2.52. The van der Waals surface area contributed by atoms with E-state index in [1.165, 1.54) is 0 Å². The minimum atomic E-state index is -0.0621. The van der Waals surface area contributed by atoms with E-state index in [4.69, 9.17) is 0 Å². The first-order chi connectivity index (χ1) is 9.22. The molecule has 19 heavy (non-hydrogen) atoms. The lowest BCUT2D eigenvalue weighted by Gasteiger charge is -2.22. The van der Waals surface area contributed by atoms with Crippen LogP contribution in [0, 0.1) is 6.92 Å². The molecule has 3 N–H and O–H groups in total. The topological polar surface area (TPSA) is 69.8 Å². The number of carbonyl (C=O) groups excluding carboxylic acids is 1. The molecule has 1 atom stereocenters. The van der Waals surface area contributed by atoms with E-state index in [0.29, 0.717) is 0 Å². The van der Waals surface area contributed by atoms with Crippen molar-refractivity contribution in [3.05, 3.63) is 24.0 Å². The minimum absolute atomic E-state index is 0.0512. The Morgan fingerprint density at radius 3 is 3.11 bits per heavy atom. The fourth-order valence-electron chi connectivity index (χ4n) is 2.52. The third kappa shape index (κ3) is 2.61. The molecule has 1 amide bonds. The van der Waals surface area contributed by atoms with Crippen LogP contribution in [-0.2, 0) is 4.79 Å². The quantitative estimate of drug-likeness (QED) is 0.771. The molecule has 1 aliphatic rings. The zero-order valence-corrected chi connectivity index (χ0v) is 11.0. The number of hydrogen-bond acceptors (Lipinski definition) is 3. The average molecular weight is 258 g/mol. The summed E-state index contributed by atoms with van der Waals surface area (Å²) in [7, 11) is 0. The van der Waals surface area contributed by atoms with Gasteiger partial charge >= 0.3 is 0 Å². The van der Waals surface area contributed by atoms with E-state index in [1.54, 1.807) is 0 Å². The van der Waals surface area contributed by atoms with E-state index < -0.39 is 0 Å². The summed E-state index contributed by atoms with van der Waals surface area (Å²) in [6, 6.07) is 5.68. The second-order valence-electron chi connectivity index (χ2n) is 5.05. The number of fused-ring (bicyclic) bond motifs is 1. The van der Waals surface area contributed by atoms with Crippen molar-refractivity contribution in [2.45, 2.75) is 32.2 Å². The van der Waals surface area contributed by atoms with E-state index in [1.807, 2.05) is 25.1 Å². The molecule has 1 unspecified atom stereocenters. The monoisotopic (exact) mass is 258 g/mol. The van der Waals surface area contributed by atoms with Crippen LogP contribution < -0.4 is 10.6 Å². The zero-order valence-electron chi connectivity index (χ0n) is 11.0. The van der Waals surface area contributed by atoms with E-state index in [-0.39, 0.29) is 11.9 Å². The Morgan fingerprint density at radius 2 is 2.32 bits per heavy atom. The van der Waals surface area contributed by atoms with Crippen LogP contribution in [0.2, 0.25) is 0 Å². The molecule has 0 bridgehead atoms. The Kier molecular flexibility index (Phi) is 3.21. The third-order valence-electron chi connectivity index (χ3n) is 3.49. The molecule has 100 valence electrons. The maximum Gasteiger partial charge on any atom is 0.241 e. The molecule has 0 radical (unpaired) electrons. The van der Waals surface area contributed by atoms with Gasteiger partial charge in [0, 0.05) is 5.69 Å². The van der Waals surface area contributed by atoms with Crippen LogP contribution in [0.15, 0.2) is 18.2 Å². The largest absolute Gasteiger partial charge is 0.342 e. The summed E-state index contributed by atoms with van der Waals surface area (Å²) in [5.74, 6) is 0.933. The van der Waals surface area contributed by atoms with Crippen LogP contribution in [0.25, 0.3) is 11.0 Å². The van der Waals surface area contributed by atoms with Gasteiger partial charge in [0.1, 0.15) is 5.82 Å². The number of carbonyl (C=O) groups is 1. The predicted octanol–water partition coefficient (Wildman–Crippen LogP) is 1.95. The van der Waals surface area contributed by atoms with E-state index in [0.717, 1.165) is 48.4 Å². The molecule has 5 nitrogen and oxygen atoms in total. The fraction of sp³-hybridized carbons (Fsp3) is 0.429. The van der Waals surface area contributed by atoms with Crippen LogP contribution in [0.5, 0.6) is 0 Å². The van der Waals surface area contributed by atoms with Gasteiger partial charge in [-0.05, 0) is 44.5 Å². The zero-order chi connectivity index (χ0) is 13.2. The van der Waals surface area contributed by atoms with E-state index >= 15 is 0 Å². The summed E-state index contributed by atoms with van der Waals surface area (Å²) in [6.07, 6.45) is 3.18. The average Bonchev–Trinajstić information content (AvgIpc) is 2.79. The van der Waals surface area contributed by atoms with Gasteiger partial charge in [-0.3, -0.25) is 4.79 Å². The molecule has 5 heteroatoms. The Labute approximate surface area is 111 Å². The summed E-state index contributed by atoms with van der Waals surface area (Å²) < 4.78 is 0. The number of nitrogens with one attached hydrogen (secondary N) is 3. The first-order valence-corrected chi connectivity index (χ1v) is 6.73. The van der Waals surface area contributed by atoms with Gasteiger partial charge in [-0.1, -0.05) is 6.42 Å². The number of benzene rings is 1. The van der Waals surface area contributed by atoms with Gasteiger partial charge in [0.2, 0.25) is 5.91 Å². The Hall–Kier alpha value is -1.88. The maximum absolute atomic E-state index is 12.1. The molecule has 1 aliphatic heterocycles. The summed E-state index contributed by atoms with van der Waals surface area (Å²) in [5, 5.41) is 6.21. The van der Waals surface area contributed by atoms with Gasteiger partial charge in [0.15, 0.2) is 0 Å². The first kappa shape index (κ1) is 12.2. The van der Waals surface area contributed by atoms with Crippen LogP contribution >= 0.6 is 0 Å². The van der Waals surface area contributed by atoms with Crippen LogP contribution in [0.3, 0.4) is 0 Å². The molecule has 0 aliphatic carbocycles. The highest BCUT2D eigenvalue weighted by molar-refractivity contribution is 5.96. The van der Waals surface area contributed by atoms with Gasteiger partial charge in [-0.2, -0.15) is 0 Å². The molecule has 1 aromatic heterocycles. The molecule has 3 rings (SSSR count). The summed E-state index contributed by atoms with van der Waals surface area (Å²) in [5.41, 5.74) is 2.69. The molecule has 0 saturated carbocycles. The lowest BCUT2D eigenvalue weighted by Crippen LogP contribution is -2.43. The van der Waals surface area contributed by atoms with Gasteiger partial charge in [0.25, 0.3) is 0 Å². The number of rotatable bonds is 2. The standard InChI is InChI=1S/C14H18N4O/c1-9-16-11-6-5-10(8-13(11)17-9)18-14(19)12-4-2-3-7-15-12/h5-6,8,12,15H,2-4,7H2,1H3,(H,16,17)(H,18,19). The van der Waals surface area contributed by atoms with Crippen LogP contribution in [-0.4, -0.2) is 28.5 Å². The van der Waals surface area contributed by atoms with Crippen molar-refractivity contribution in [1.82, 2.24) is 15.3 Å². The SMILES string of the molecule is Cc1nc2ccc(NC(=O)C3CCCCN3)cc2[nH]1. The number of anilines is 1. The van der Waals surface area contributed by atoms with Crippen molar-refractivity contribution in [2.24, 2.45) is 0 Å². The Balaban J connectivity index is 1.74. The molecule has 1 fully saturated rings. The van der Waals surface area contributed by atoms with Crippen LogP contribution in [0.4, 0.5) is 5.69 Å². The Morgan fingerprint density at radius 1 is 1.42 bits per heavy atom. The number of amides is 1. The number of aryl methyl sites for hydroxylation is 1. The van der Waals surface area contributed by atoms with E-state index in [2.05, 4.69) is 20.6 Å². The second-order valence-corrected chi connectivity index (χ2v) is 5.05. The molecule has 1 aromatic carbocycles. The smallest absolute Gasteiger partial charge is 0.241 e. The highest BCUT2D eigenvalue weighted by Gasteiger charge is 2.20. The van der Waals surface area contributed by atoms with Gasteiger partial charge < -0.3 is 15.6 Å². The summed E-state index contributed by atoms with van der Waals surface area (Å²) in [4.78, 5) is 19.6. The van der Waals surface area contributed by atoms with Crippen molar-refractivity contribution in [3.63, 3.8) is 0 Å². The second kappa shape index (κ2) is 5.01. The lowest BCUT2D eigenvalue weighted by molar-refractivity contribution is -0.118. The van der Waals surface area contributed by atoms with Crippen molar-refractivity contribution in [3.8, 4) is 0 Å². The van der Waals surface area contributed by atoms with Crippen molar-refractivity contribution in [2.75, 3.05) is 11.9 Å². The van der Waals surface area contributed by atoms with E-state index in [9.17, 15) is 4.79 Å². The molecular formula is C14H18N4O. The van der Waals surface area contributed by atoms with Gasteiger partial charge in [0.05, 0.1) is 17.1 Å². The molecule has 2 aromatic rings. The normalized spacial score (nSPS) is 19.5. The molecular weight excluding hydrogens is 240 g/mol. The number of aromatic nitrogens is 2. The molecule has 2 heterocycles. The third-order valence-corrected chi connectivity index (χ3v) is 3.49. The number of piperidine rings is 1. The summed E-state index contributed by atoms with van der Waals surface area (Å²) in [6.45, 7) is 2.85. The highest BCUT2D eigenvalue weighted by atomic mass is 16.2. The van der Waals surface area contributed by atoms with Gasteiger partial charge in [-0.15, -0.1) is 0 Å². The highest BCUT2D eigenvalue weighted by Crippen LogP contribution is 2.18. The number of nitrogens with zero attached hydrogens (tertiary/aromatic N) is 1. The van der Waals surface area contributed by atoms with Crippen molar-refractivity contribution >= 4 is 22.6 Å². The summed E-state index contributed by atoms with van der Waals surface area (Å²) >= 11 is 0. The van der Waals surface area contributed by atoms with Crippen LogP contribution in [0.1, 0.15) is 25.1 Å². The van der Waals surface area contributed by atoms with Gasteiger partial charge in [-0.25, -0.2) is 4.98 Å². The Bertz CT molecular complexity index is 599. The van der Waals surface area contributed by atoms with Crippen molar-refractivity contribution < 1.29 is 4.79 Å². The first-order valence-electron chi connectivity index (χ1n) is 6.73. The maximum atomic E-state index is 12.1. The molecule has 1 saturated heterocycles. The van der Waals surface area contributed by atoms with Crippen molar-refractivity contribution in [1.29, 1.82) is 0 Å². The number of H-pyrrole nitrogens is 1. The number of hydrogen-bond donors (Lipinski definition) is 3. The predicted molar refractivity (Wildman–Crippen MR) is 75.1 cm³/mol. The minimum Gasteiger partial charge on any atom is -0.342 e.